The van der Waals surface area contributed by atoms with E-state index >= 15 is 0 Å². The summed E-state index contributed by atoms with van der Waals surface area (Å²) in [5.41, 5.74) is 0.749. The molecule has 3 rings (SSSR count). The predicted molar refractivity (Wildman–Crippen MR) is 108 cm³/mol. The summed E-state index contributed by atoms with van der Waals surface area (Å²) in [4.78, 5) is 38.7. The van der Waals surface area contributed by atoms with Crippen molar-refractivity contribution >= 4 is 17.8 Å². The minimum Gasteiger partial charge on any atom is -0.354 e. The Hall–Kier alpha value is -2.37. The fraction of sp³-hybridized carbons (Fsp3) is 0.591. The van der Waals surface area contributed by atoms with Gasteiger partial charge < -0.3 is 10.6 Å². The predicted octanol–water partition coefficient (Wildman–Crippen LogP) is 3.27. The first kappa shape index (κ1) is 20.4. The average Bonchev–Trinajstić information content (AvgIpc) is 2.91. The number of carbonyl (C=O) groups is 3. The maximum Gasteiger partial charge on any atom is 0.325 e. The number of imide groups is 1. The van der Waals surface area contributed by atoms with Gasteiger partial charge in [0.05, 0.1) is 0 Å². The number of urea groups is 1. The molecule has 6 nitrogen and oxygen atoms in total. The Bertz CT molecular complexity index is 738. The van der Waals surface area contributed by atoms with Gasteiger partial charge in [0.25, 0.3) is 5.91 Å². The summed E-state index contributed by atoms with van der Waals surface area (Å²) in [7, 11) is 0. The van der Waals surface area contributed by atoms with Gasteiger partial charge in [0.2, 0.25) is 5.91 Å². The summed E-state index contributed by atoms with van der Waals surface area (Å²) in [6.07, 6.45) is 5.95. The highest BCUT2D eigenvalue weighted by Gasteiger charge is 2.49. The van der Waals surface area contributed by atoms with Crippen molar-refractivity contribution in [2.24, 2.45) is 5.92 Å². The molecule has 6 heteroatoms. The lowest BCUT2D eigenvalue weighted by Gasteiger charge is -2.23. The highest BCUT2D eigenvalue weighted by Crippen LogP contribution is 2.30. The molecule has 0 radical (unpaired) electrons. The quantitative estimate of drug-likeness (QED) is 0.738. The fourth-order valence-corrected chi connectivity index (χ4v) is 4.09. The van der Waals surface area contributed by atoms with Gasteiger partial charge in [-0.25, -0.2) is 4.79 Å². The van der Waals surface area contributed by atoms with Crippen LogP contribution in [0, 0.1) is 5.92 Å². The molecule has 2 N–H and O–H groups in total. The second-order valence-electron chi connectivity index (χ2n) is 8.53. The third-order valence-electron chi connectivity index (χ3n) is 6.04. The highest BCUT2D eigenvalue weighted by molar-refractivity contribution is 6.09. The lowest BCUT2D eigenvalue weighted by atomic mass is 9.89. The molecule has 152 valence electrons. The molecule has 1 saturated carbocycles. The molecule has 1 saturated heterocycles. The first-order valence-electron chi connectivity index (χ1n) is 10.3. The second kappa shape index (κ2) is 8.33. The molecule has 28 heavy (non-hydrogen) atoms. The van der Waals surface area contributed by atoms with Crippen LogP contribution in [-0.2, 0) is 15.1 Å². The van der Waals surface area contributed by atoms with E-state index in [2.05, 4.69) is 24.5 Å². The molecule has 1 aromatic rings. The molecule has 1 atom stereocenters. The Labute approximate surface area is 167 Å². The van der Waals surface area contributed by atoms with Crippen LogP contribution >= 0.6 is 0 Å². The molecular formula is C22H31N3O3. The monoisotopic (exact) mass is 385 g/mol. The van der Waals surface area contributed by atoms with Gasteiger partial charge in [0.1, 0.15) is 12.1 Å². The van der Waals surface area contributed by atoms with Gasteiger partial charge in [-0.1, -0.05) is 57.4 Å². The Balaban J connectivity index is 1.62. The van der Waals surface area contributed by atoms with Crippen LogP contribution in [0.15, 0.2) is 24.3 Å². The SMILES string of the molecule is CC(C)c1ccc(C2(C)NC(=O)N(CC(=O)NCC3CCCCC3)C2=O)cc1. The van der Waals surface area contributed by atoms with Crippen LogP contribution in [0.5, 0.6) is 0 Å². The van der Waals surface area contributed by atoms with Crippen LogP contribution in [0.25, 0.3) is 0 Å². The van der Waals surface area contributed by atoms with Gasteiger partial charge in [0, 0.05) is 6.54 Å². The number of hydrogen-bond donors (Lipinski definition) is 2. The Morgan fingerprint density at radius 2 is 1.82 bits per heavy atom. The van der Waals surface area contributed by atoms with E-state index in [0.717, 1.165) is 23.3 Å². The third-order valence-corrected chi connectivity index (χ3v) is 6.04. The molecular weight excluding hydrogens is 354 g/mol. The minimum atomic E-state index is -1.14. The molecule has 2 aliphatic rings. The number of carbonyl (C=O) groups excluding carboxylic acids is 3. The molecule has 2 fully saturated rings. The third kappa shape index (κ3) is 4.21. The van der Waals surface area contributed by atoms with Crippen LogP contribution in [-0.4, -0.2) is 35.8 Å². The van der Waals surface area contributed by atoms with Gasteiger partial charge in [-0.05, 0) is 42.7 Å². The van der Waals surface area contributed by atoms with Crippen molar-refractivity contribution in [2.45, 2.75) is 64.3 Å². The van der Waals surface area contributed by atoms with Crippen LogP contribution in [0.1, 0.15) is 69.9 Å². The zero-order valence-electron chi connectivity index (χ0n) is 17.1. The van der Waals surface area contributed by atoms with Crippen LogP contribution in [0.3, 0.4) is 0 Å². The number of nitrogens with one attached hydrogen (secondary N) is 2. The molecule has 1 aliphatic heterocycles. The lowest BCUT2D eigenvalue weighted by molar-refractivity contribution is -0.134. The average molecular weight is 386 g/mol. The fourth-order valence-electron chi connectivity index (χ4n) is 4.09. The van der Waals surface area contributed by atoms with Crippen molar-refractivity contribution in [3.63, 3.8) is 0 Å². The van der Waals surface area contributed by atoms with Gasteiger partial charge in [-0.2, -0.15) is 0 Å². The van der Waals surface area contributed by atoms with Gasteiger partial charge >= 0.3 is 6.03 Å². The largest absolute Gasteiger partial charge is 0.354 e. The smallest absolute Gasteiger partial charge is 0.325 e. The van der Waals surface area contributed by atoms with E-state index in [1.165, 1.54) is 24.8 Å². The maximum absolute atomic E-state index is 13.0. The molecule has 0 aromatic heterocycles. The molecule has 1 aromatic carbocycles. The standard InChI is InChI=1S/C22H31N3O3/c1-15(2)17-9-11-18(12-10-17)22(3)20(27)25(21(28)24-22)14-19(26)23-13-16-7-5-4-6-8-16/h9-12,15-16H,4-8,13-14H2,1-3H3,(H,23,26)(H,24,28). The number of amides is 4. The van der Waals surface area contributed by atoms with Crippen molar-refractivity contribution in [3.8, 4) is 0 Å². The highest BCUT2D eigenvalue weighted by atomic mass is 16.2. The summed E-state index contributed by atoms with van der Waals surface area (Å²) in [5.74, 6) is 0.224. The minimum absolute atomic E-state index is 0.239. The molecule has 1 aliphatic carbocycles. The van der Waals surface area contributed by atoms with Gasteiger partial charge in [-0.15, -0.1) is 0 Å². The van der Waals surface area contributed by atoms with Gasteiger partial charge in [0.15, 0.2) is 0 Å². The number of benzene rings is 1. The van der Waals surface area contributed by atoms with Crippen molar-refractivity contribution < 1.29 is 14.4 Å². The molecule has 4 amide bonds. The summed E-state index contributed by atoms with van der Waals surface area (Å²) in [6, 6.07) is 7.18. The number of nitrogens with zero attached hydrogens (tertiary/aromatic N) is 1. The first-order chi connectivity index (χ1) is 13.3. The number of rotatable bonds is 6. The van der Waals surface area contributed by atoms with E-state index in [1.54, 1.807) is 6.92 Å². The van der Waals surface area contributed by atoms with Gasteiger partial charge in [-0.3, -0.25) is 14.5 Å². The van der Waals surface area contributed by atoms with E-state index in [-0.39, 0.29) is 18.4 Å². The van der Waals surface area contributed by atoms with E-state index in [4.69, 9.17) is 0 Å². The Kier molecular flexibility index (Phi) is 6.06. The van der Waals surface area contributed by atoms with E-state index in [9.17, 15) is 14.4 Å². The molecule has 0 spiro atoms. The van der Waals surface area contributed by atoms with E-state index in [0.29, 0.717) is 18.4 Å². The van der Waals surface area contributed by atoms with Crippen molar-refractivity contribution in [3.05, 3.63) is 35.4 Å². The summed E-state index contributed by atoms with van der Waals surface area (Å²) >= 11 is 0. The van der Waals surface area contributed by atoms with Crippen LogP contribution in [0.2, 0.25) is 0 Å². The zero-order valence-corrected chi connectivity index (χ0v) is 17.1. The molecule has 1 unspecified atom stereocenters. The zero-order chi connectivity index (χ0) is 20.3. The lowest BCUT2D eigenvalue weighted by Crippen LogP contribution is -2.44. The summed E-state index contributed by atoms with van der Waals surface area (Å²) < 4.78 is 0. The van der Waals surface area contributed by atoms with Crippen molar-refractivity contribution in [2.75, 3.05) is 13.1 Å². The normalized spacial score (nSPS) is 23.2. The second-order valence-corrected chi connectivity index (χ2v) is 8.53. The molecule has 0 bridgehead atoms. The Morgan fingerprint density at radius 1 is 1.18 bits per heavy atom. The maximum atomic E-state index is 13.0. The topological polar surface area (TPSA) is 78.5 Å². The Morgan fingerprint density at radius 3 is 2.43 bits per heavy atom. The number of hydrogen-bond acceptors (Lipinski definition) is 3. The first-order valence-corrected chi connectivity index (χ1v) is 10.3. The van der Waals surface area contributed by atoms with Crippen LogP contribution in [0.4, 0.5) is 4.79 Å². The van der Waals surface area contributed by atoms with Crippen molar-refractivity contribution in [1.29, 1.82) is 0 Å². The van der Waals surface area contributed by atoms with E-state index in [1.807, 2.05) is 24.3 Å². The summed E-state index contributed by atoms with van der Waals surface area (Å²) in [6.45, 7) is 6.28. The molecule has 1 heterocycles. The summed E-state index contributed by atoms with van der Waals surface area (Å²) in [5, 5.41) is 5.66. The van der Waals surface area contributed by atoms with Crippen LogP contribution < -0.4 is 10.6 Å². The van der Waals surface area contributed by atoms with Crippen molar-refractivity contribution in [1.82, 2.24) is 15.5 Å². The van der Waals surface area contributed by atoms with E-state index < -0.39 is 11.6 Å².